The zero-order valence-corrected chi connectivity index (χ0v) is 11.2. The molecule has 0 saturated heterocycles. The lowest BCUT2D eigenvalue weighted by molar-refractivity contribution is 0.460. The normalized spacial score (nSPS) is 10.2. The Balaban J connectivity index is 2.20. The van der Waals surface area contributed by atoms with Crippen molar-refractivity contribution in [3.8, 4) is 11.6 Å². The summed E-state index contributed by atoms with van der Waals surface area (Å²) in [7, 11) is 0. The molecule has 0 spiro atoms. The minimum Gasteiger partial charge on any atom is -0.439 e. The van der Waals surface area contributed by atoms with E-state index in [1.807, 2.05) is 44.2 Å². The van der Waals surface area contributed by atoms with Gasteiger partial charge in [-0.2, -0.15) is 4.98 Å². The average molecular weight is 263 g/mol. The van der Waals surface area contributed by atoms with Gasteiger partial charge in [-0.1, -0.05) is 17.7 Å². The number of anilines is 1. The molecule has 2 rings (SSSR count). The summed E-state index contributed by atoms with van der Waals surface area (Å²) in [5.41, 5.74) is 0.984. The molecule has 1 N–H and O–H groups in total. The van der Waals surface area contributed by atoms with Crippen LogP contribution in [0.5, 0.6) is 11.6 Å². The van der Waals surface area contributed by atoms with E-state index in [0.29, 0.717) is 10.9 Å². The van der Waals surface area contributed by atoms with Gasteiger partial charge in [0.25, 0.3) is 0 Å². The van der Waals surface area contributed by atoms with Gasteiger partial charge in [0, 0.05) is 17.6 Å². The Labute approximate surface area is 112 Å². The first-order valence-electron chi connectivity index (χ1n) is 5.84. The number of halogens is 1. The third-order valence-corrected chi connectivity index (χ3v) is 2.67. The lowest BCUT2D eigenvalue weighted by atomic mass is 10.2. The molecule has 18 heavy (non-hydrogen) atoms. The predicted molar refractivity (Wildman–Crippen MR) is 74.7 cm³/mol. The smallest absolute Gasteiger partial charge is 0.221 e. The fourth-order valence-corrected chi connectivity index (χ4v) is 1.82. The number of benzene rings is 1. The SMILES string of the molecule is CCNc1cccc(Oc2ccc(Cl)cc2C)n1. The maximum absolute atomic E-state index is 5.91. The standard InChI is InChI=1S/C14H15ClN2O/c1-3-16-13-5-4-6-14(17-13)18-12-8-7-11(15)9-10(12)2/h4-9H,3H2,1-2H3,(H,16,17). The van der Waals surface area contributed by atoms with Crippen LogP contribution in [0.25, 0.3) is 0 Å². The fourth-order valence-electron chi connectivity index (χ4n) is 1.59. The second-order valence-corrected chi connectivity index (χ2v) is 4.34. The van der Waals surface area contributed by atoms with Crippen LogP contribution in [0.1, 0.15) is 12.5 Å². The van der Waals surface area contributed by atoms with E-state index in [2.05, 4.69) is 10.3 Å². The number of nitrogens with one attached hydrogen (secondary N) is 1. The maximum atomic E-state index is 5.91. The Morgan fingerprint density at radius 2 is 2.11 bits per heavy atom. The highest BCUT2D eigenvalue weighted by Gasteiger charge is 2.03. The molecular weight excluding hydrogens is 248 g/mol. The number of aromatic nitrogens is 1. The van der Waals surface area contributed by atoms with Gasteiger partial charge in [-0.05, 0) is 43.7 Å². The number of nitrogens with zero attached hydrogens (tertiary/aromatic N) is 1. The lowest BCUT2D eigenvalue weighted by Crippen LogP contribution is -1.99. The minimum atomic E-state index is 0.568. The van der Waals surface area contributed by atoms with Gasteiger partial charge in [0.15, 0.2) is 0 Å². The lowest BCUT2D eigenvalue weighted by Gasteiger charge is -2.09. The summed E-state index contributed by atoms with van der Waals surface area (Å²) < 4.78 is 5.74. The molecule has 0 fully saturated rings. The van der Waals surface area contributed by atoms with Crippen molar-refractivity contribution < 1.29 is 4.74 Å². The quantitative estimate of drug-likeness (QED) is 0.894. The average Bonchev–Trinajstić information content (AvgIpc) is 2.34. The third-order valence-electron chi connectivity index (χ3n) is 2.43. The maximum Gasteiger partial charge on any atom is 0.221 e. The van der Waals surface area contributed by atoms with Crippen LogP contribution in [0.4, 0.5) is 5.82 Å². The minimum absolute atomic E-state index is 0.568. The molecule has 0 atom stereocenters. The Bertz CT molecular complexity index is 543. The summed E-state index contributed by atoms with van der Waals surface area (Å²) in [4.78, 5) is 4.35. The number of pyridine rings is 1. The Morgan fingerprint density at radius 3 is 2.83 bits per heavy atom. The summed E-state index contributed by atoms with van der Waals surface area (Å²) in [6, 6.07) is 11.2. The summed E-state index contributed by atoms with van der Waals surface area (Å²) in [5.74, 6) is 2.14. The first-order valence-corrected chi connectivity index (χ1v) is 6.22. The number of ether oxygens (including phenoxy) is 1. The van der Waals surface area contributed by atoms with Gasteiger partial charge in [0.1, 0.15) is 11.6 Å². The molecule has 94 valence electrons. The van der Waals surface area contributed by atoms with E-state index in [-0.39, 0.29) is 0 Å². The highest BCUT2D eigenvalue weighted by atomic mass is 35.5. The third kappa shape index (κ3) is 3.14. The van der Waals surface area contributed by atoms with E-state index in [4.69, 9.17) is 16.3 Å². The monoisotopic (exact) mass is 262 g/mol. The van der Waals surface area contributed by atoms with Crippen LogP contribution in [0.2, 0.25) is 5.02 Å². The van der Waals surface area contributed by atoms with Crippen molar-refractivity contribution in [3.63, 3.8) is 0 Å². The van der Waals surface area contributed by atoms with Crippen molar-refractivity contribution in [3.05, 3.63) is 47.0 Å². The van der Waals surface area contributed by atoms with Crippen molar-refractivity contribution in [2.45, 2.75) is 13.8 Å². The largest absolute Gasteiger partial charge is 0.439 e. The van der Waals surface area contributed by atoms with Crippen LogP contribution in [0.15, 0.2) is 36.4 Å². The molecule has 0 aliphatic heterocycles. The van der Waals surface area contributed by atoms with Crippen LogP contribution >= 0.6 is 11.6 Å². The molecular formula is C14H15ClN2O. The van der Waals surface area contributed by atoms with Crippen molar-refractivity contribution >= 4 is 17.4 Å². The van der Waals surface area contributed by atoms with Crippen LogP contribution in [-0.2, 0) is 0 Å². The van der Waals surface area contributed by atoms with Crippen molar-refractivity contribution in [1.82, 2.24) is 4.98 Å². The predicted octanol–water partition coefficient (Wildman–Crippen LogP) is 4.27. The zero-order chi connectivity index (χ0) is 13.0. The summed E-state index contributed by atoms with van der Waals surface area (Å²) >= 11 is 5.91. The highest BCUT2D eigenvalue weighted by Crippen LogP contribution is 2.26. The van der Waals surface area contributed by atoms with Gasteiger partial charge in [0.05, 0.1) is 0 Å². The molecule has 0 unspecified atom stereocenters. The molecule has 0 bridgehead atoms. The van der Waals surface area contributed by atoms with Crippen LogP contribution in [-0.4, -0.2) is 11.5 Å². The van der Waals surface area contributed by atoms with E-state index >= 15 is 0 Å². The van der Waals surface area contributed by atoms with E-state index in [0.717, 1.165) is 23.7 Å². The number of rotatable bonds is 4. The molecule has 0 amide bonds. The van der Waals surface area contributed by atoms with Crippen molar-refractivity contribution in [1.29, 1.82) is 0 Å². The molecule has 3 nitrogen and oxygen atoms in total. The molecule has 1 aromatic heterocycles. The summed E-state index contributed by atoms with van der Waals surface area (Å²) in [6.45, 7) is 4.81. The number of hydrogen-bond donors (Lipinski definition) is 1. The zero-order valence-electron chi connectivity index (χ0n) is 10.4. The van der Waals surface area contributed by atoms with Gasteiger partial charge in [0.2, 0.25) is 5.88 Å². The first kappa shape index (κ1) is 12.7. The first-order chi connectivity index (χ1) is 8.69. The highest BCUT2D eigenvalue weighted by molar-refractivity contribution is 6.30. The second-order valence-electron chi connectivity index (χ2n) is 3.90. The number of hydrogen-bond acceptors (Lipinski definition) is 3. The van der Waals surface area contributed by atoms with Crippen LogP contribution in [0, 0.1) is 6.92 Å². The van der Waals surface area contributed by atoms with Crippen molar-refractivity contribution in [2.24, 2.45) is 0 Å². The Hall–Kier alpha value is -1.74. The molecule has 0 aliphatic carbocycles. The van der Waals surface area contributed by atoms with Gasteiger partial charge in [-0.15, -0.1) is 0 Å². The van der Waals surface area contributed by atoms with E-state index < -0.39 is 0 Å². The summed E-state index contributed by atoms with van der Waals surface area (Å²) in [6.07, 6.45) is 0. The number of aryl methyl sites for hydroxylation is 1. The van der Waals surface area contributed by atoms with E-state index in [1.165, 1.54) is 0 Å². The Morgan fingerprint density at radius 1 is 1.28 bits per heavy atom. The van der Waals surface area contributed by atoms with Gasteiger partial charge in [-0.25, -0.2) is 0 Å². The van der Waals surface area contributed by atoms with Gasteiger partial charge < -0.3 is 10.1 Å². The van der Waals surface area contributed by atoms with E-state index in [9.17, 15) is 0 Å². The molecule has 4 heteroatoms. The molecule has 0 saturated carbocycles. The topological polar surface area (TPSA) is 34.1 Å². The van der Waals surface area contributed by atoms with E-state index in [1.54, 1.807) is 6.07 Å². The van der Waals surface area contributed by atoms with Crippen LogP contribution < -0.4 is 10.1 Å². The molecule has 2 aromatic rings. The van der Waals surface area contributed by atoms with Crippen molar-refractivity contribution in [2.75, 3.05) is 11.9 Å². The fraction of sp³-hybridized carbons (Fsp3) is 0.214. The molecule has 0 radical (unpaired) electrons. The van der Waals surface area contributed by atoms with Crippen LogP contribution in [0.3, 0.4) is 0 Å². The molecule has 1 aromatic carbocycles. The molecule has 0 aliphatic rings. The Kier molecular flexibility index (Phi) is 4.05. The second kappa shape index (κ2) is 5.74. The summed E-state index contributed by atoms with van der Waals surface area (Å²) in [5, 5.41) is 3.85. The molecule has 1 heterocycles. The van der Waals surface area contributed by atoms with Gasteiger partial charge in [-0.3, -0.25) is 0 Å². The van der Waals surface area contributed by atoms with Gasteiger partial charge >= 0.3 is 0 Å².